The molecule has 2 unspecified atom stereocenters. The third-order valence-electron chi connectivity index (χ3n) is 4.53. The number of rotatable bonds is 3. The molecule has 1 saturated carbocycles. The number of nitrogens with zero attached hydrogens (tertiary/aromatic N) is 4. The number of carbonyl (C=O) groups excluding carboxylic acids is 1. The number of nitrogen functional groups attached to an aromatic ring is 1. The van der Waals surface area contributed by atoms with Crippen LogP contribution in [0.25, 0.3) is 11.0 Å². The number of carbonyl (C=O) groups is 1. The molecular formula is C17H22FN7O. The molecule has 1 fully saturated rings. The predicted octanol–water partition coefficient (Wildman–Crippen LogP) is 1.83. The third kappa shape index (κ3) is 3.37. The van der Waals surface area contributed by atoms with E-state index in [9.17, 15) is 9.18 Å². The molecule has 8 nitrogen and oxygen atoms in total. The molecule has 0 saturated heterocycles. The Kier molecular flexibility index (Phi) is 4.39. The lowest BCUT2D eigenvalue weighted by Gasteiger charge is -2.15. The topological polar surface area (TPSA) is 138 Å². The second-order valence-electron chi connectivity index (χ2n) is 6.95. The number of nitrogens with two attached hydrogens (primary N) is 3. The minimum Gasteiger partial charge on any atom is -0.402 e. The van der Waals surface area contributed by atoms with Gasteiger partial charge < -0.3 is 21.8 Å². The Hall–Kier alpha value is -2.97. The first-order valence-corrected chi connectivity index (χ1v) is 8.30. The summed E-state index contributed by atoms with van der Waals surface area (Å²) in [4.78, 5) is 24.7. The van der Waals surface area contributed by atoms with Crippen molar-refractivity contribution in [2.24, 2.45) is 16.5 Å². The lowest BCUT2D eigenvalue weighted by Crippen LogP contribution is -2.14. The zero-order chi connectivity index (χ0) is 19.1. The van der Waals surface area contributed by atoms with Crippen LogP contribution in [0.15, 0.2) is 29.3 Å². The van der Waals surface area contributed by atoms with Crippen LogP contribution >= 0.6 is 0 Å². The largest absolute Gasteiger partial charge is 0.402 e. The third-order valence-corrected chi connectivity index (χ3v) is 4.53. The van der Waals surface area contributed by atoms with Crippen LogP contribution < -0.4 is 17.2 Å². The molecule has 0 aliphatic heterocycles. The van der Waals surface area contributed by atoms with Gasteiger partial charge in [-0.15, -0.1) is 0 Å². The fourth-order valence-electron chi connectivity index (χ4n) is 3.39. The summed E-state index contributed by atoms with van der Waals surface area (Å²) in [5, 5.41) is 0.398. The van der Waals surface area contributed by atoms with Crippen LogP contribution in [0.5, 0.6) is 0 Å². The van der Waals surface area contributed by atoms with E-state index < -0.39 is 11.6 Å². The fourth-order valence-corrected chi connectivity index (χ4v) is 3.39. The Bertz CT molecular complexity index is 925. The van der Waals surface area contributed by atoms with E-state index in [2.05, 4.69) is 15.0 Å². The van der Waals surface area contributed by atoms with E-state index in [0.717, 1.165) is 0 Å². The lowest BCUT2D eigenvalue weighted by atomic mass is 10.1. The van der Waals surface area contributed by atoms with Crippen molar-refractivity contribution in [3.63, 3.8) is 0 Å². The Labute approximate surface area is 150 Å². The molecule has 2 atom stereocenters. The molecule has 6 N–H and O–H groups in total. The Morgan fingerprint density at radius 1 is 1.46 bits per heavy atom. The molecule has 2 heterocycles. The molecule has 26 heavy (non-hydrogen) atoms. The first-order valence-electron chi connectivity index (χ1n) is 8.30. The van der Waals surface area contributed by atoms with E-state index in [1.165, 1.54) is 12.4 Å². The van der Waals surface area contributed by atoms with Crippen molar-refractivity contribution in [1.29, 1.82) is 0 Å². The van der Waals surface area contributed by atoms with Gasteiger partial charge in [0.15, 0.2) is 0 Å². The second kappa shape index (κ2) is 6.40. The van der Waals surface area contributed by atoms with Crippen molar-refractivity contribution in [3.8, 4) is 0 Å². The van der Waals surface area contributed by atoms with Crippen LogP contribution in [0, 0.1) is 0 Å². The van der Waals surface area contributed by atoms with Gasteiger partial charge in [-0.25, -0.2) is 14.4 Å². The van der Waals surface area contributed by atoms with Gasteiger partial charge in [0.05, 0.1) is 10.9 Å². The normalized spacial score (nSPS) is 24.3. The number of fused-ring (bicyclic) bond motifs is 1. The van der Waals surface area contributed by atoms with Gasteiger partial charge in [-0.3, -0.25) is 4.79 Å². The molecule has 0 bridgehead atoms. The summed E-state index contributed by atoms with van der Waals surface area (Å²) in [6, 6.07) is -0.115. The first-order chi connectivity index (χ1) is 12.2. The van der Waals surface area contributed by atoms with E-state index in [1.807, 2.05) is 0 Å². The van der Waals surface area contributed by atoms with Gasteiger partial charge >= 0.3 is 0 Å². The van der Waals surface area contributed by atoms with Crippen molar-refractivity contribution in [3.05, 3.63) is 29.9 Å². The van der Waals surface area contributed by atoms with E-state index in [1.54, 1.807) is 24.6 Å². The van der Waals surface area contributed by atoms with E-state index in [-0.39, 0.29) is 23.3 Å². The van der Waals surface area contributed by atoms with Crippen molar-refractivity contribution in [2.75, 3.05) is 5.73 Å². The average molecular weight is 359 g/mol. The van der Waals surface area contributed by atoms with Crippen LogP contribution in [0.1, 0.15) is 49.5 Å². The van der Waals surface area contributed by atoms with Gasteiger partial charge in [0.2, 0.25) is 0 Å². The molecule has 3 rings (SSSR count). The summed E-state index contributed by atoms with van der Waals surface area (Å²) < 4.78 is 16.1. The van der Waals surface area contributed by atoms with Gasteiger partial charge in [0, 0.05) is 24.4 Å². The molecule has 0 spiro atoms. The average Bonchev–Trinajstić information content (AvgIpc) is 3.07. The first kappa shape index (κ1) is 17.8. The molecular weight excluding hydrogens is 337 g/mol. The number of aliphatic imine (C=N–C) groups is 1. The molecule has 9 heteroatoms. The van der Waals surface area contributed by atoms with E-state index in [0.29, 0.717) is 36.0 Å². The monoisotopic (exact) mass is 359 g/mol. The second-order valence-corrected chi connectivity index (χ2v) is 6.95. The van der Waals surface area contributed by atoms with Crippen LogP contribution in [0.3, 0.4) is 0 Å². The summed E-state index contributed by atoms with van der Waals surface area (Å²) in [5.41, 5.74) is 17.1. The molecule has 1 aliphatic carbocycles. The zero-order valence-corrected chi connectivity index (χ0v) is 14.7. The number of alkyl halides is 1. The molecule has 0 radical (unpaired) electrons. The molecule has 0 aromatic carbocycles. The molecule has 1 amide bonds. The maximum absolute atomic E-state index is 14.3. The number of allylic oxidation sites excluding steroid dienone is 1. The molecule has 138 valence electrons. The smallest absolute Gasteiger partial charge is 0.281 e. The van der Waals surface area contributed by atoms with Crippen molar-refractivity contribution >= 4 is 28.6 Å². The van der Waals surface area contributed by atoms with E-state index in [4.69, 9.17) is 17.2 Å². The summed E-state index contributed by atoms with van der Waals surface area (Å²) in [6.07, 6.45) is 5.77. The maximum atomic E-state index is 14.3. The van der Waals surface area contributed by atoms with Crippen molar-refractivity contribution < 1.29 is 9.18 Å². The highest BCUT2D eigenvalue weighted by Gasteiger charge is 2.37. The fraction of sp³-hybridized carbons (Fsp3) is 0.412. The number of hydrogen-bond acceptors (Lipinski definition) is 5. The molecule has 2 aromatic heterocycles. The van der Waals surface area contributed by atoms with E-state index >= 15 is 0 Å². The Balaban J connectivity index is 2.09. The standard InChI is InChI=1S/C17H22FN7O/c1-9(19)5-12(20)24-16(26)11-7-25(10-3-4-17(2,18)6-10)15-13(11)14(21)22-8-23-15/h5,7-8,10H,3-4,6,19H2,1-2H3,(H2,20,24,26)(H2,21,22,23)/b9-5-. The molecule has 2 aromatic rings. The SMILES string of the molecule is C/C(N)=C/C(N)=NC(=O)c1cn(C2CCC(C)(F)C2)c2ncnc(N)c12. The quantitative estimate of drug-likeness (QED) is 0.564. The number of amidine groups is 1. The van der Waals surface area contributed by atoms with Gasteiger partial charge in [-0.1, -0.05) is 0 Å². The van der Waals surface area contributed by atoms with Gasteiger partial charge in [0.25, 0.3) is 5.91 Å². The van der Waals surface area contributed by atoms with Gasteiger partial charge in [-0.05, 0) is 32.8 Å². The van der Waals surface area contributed by atoms with Crippen molar-refractivity contribution in [1.82, 2.24) is 14.5 Å². The predicted molar refractivity (Wildman–Crippen MR) is 98.2 cm³/mol. The Morgan fingerprint density at radius 2 is 2.19 bits per heavy atom. The highest BCUT2D eigenvalue weighted by molar-refractivity contribution is 6.14. The number of hydrogen-bond donors (Lipinski definition) is 3. The summed E-state index contributed by atoms with van der Waals surface area (Å²) in [5.74, 6) is -0.424. The molecule has 1 aliphatic rings. The maximum Gasteiger partial charge on any atom is 0.281 e. The van der Waals surface area contributed by atoms with Crippen LogP contribution in [-0.2, 0) is 0 Å². The van der Waals surface area contributed by atoms with Crippen molar-refractivity contribution in [2.45, 2.75) is 44.8 Å². The van der Waals surface area contributed by atoms with Gasteiger partial charge in [0.1, 0.15) is 29.3 Å². The minimum absolute atomic E-state index is 0.0106. The summed E-state index contributed by atoms with van der Waals surface area (Å²) in [6.45, 7) is 3.22. The highest BCUT2D eigenvalue weighted by Crippen LogP contribution is 2.42. The Morgan fingerprint density at radius 3 is 2.81 bits per heavy atom. The number of anilines is 1. The minimum atomic E-state index is -1.24. The number of aromatic nitrogens is 3. The van der Waals surface area contributed by atoms with Crippen LogP contribution in [-0.4, -0.2) is 31.9 Å². The summed E-state index contributed by atoms with van der Waals surface area (Å²) >= 11 is 0. The number of amides is 1. The number of halogens is 1. The van der Waals surface area contributed by atoms with Crippen LogP contribution in [0.2, 0.25) is 0 Å². The zero-order valence-electron chi connectivity index (χ0n) is 14.7. The van der Waals surface area contributed by atoms with Crippen LogP contribution in [0.4, 0.5) is 10.2 Å². The summed E-state index contributed by atoms with van der Waals surface area (Å²) in [7, 11) is 0. The highest BCUT2D eigenvalue weighted by atomic mass is 19.1. The van der Waals surface area contributed by atoms with Gasteiger partial charge in [-0.2, -0.15) is 4.99 Å². The lowest BCUT2D eigenvalue weighted by molar-refractivity contribution is 0.100.